The molecule has 0 aliphatic carbocycles. The summed E-state index contributed by atoms with van der Waals surface area (Å²) in [5, 5.41) is 19.5. The van der Waals surface area contributed by atoms with E-state index in [0.717, 1.165) is 4.90 Å². The van der Waals surface area contributed by atoms with Gasteiger partial charge in [0.05, 0.1) is 24.1 Å². The average molecular weight is 548 g/mol. The van der Waals surface area contributed by atoms with Crippen molar-refractivity contribution in [3.05, 3.63) is 63.9 Å². The summed E-state index contributed by atoms with van der Waals surface area (Å²) in [4.78, 5) is 44.5. The maximum absolute atomic E-state index is 14.4. The lowest BCUT2D eigenvalue weighted by Gasteiger charge is -2.26. The van der Waals surface area contributed by atoms with Crippen molar-refractivity contribution in [3.8, 4) is 0 Å². The van der Waals surface area contributed by atoms with E-state index in [1.165, 1.54) is 30.3 Å². The second-order valence-corrected chi connectivity index (χ2v) is 9.28. The molecular weight excluding hydrogens is 517 g/mol. The number of anilines is 1. The molecule has 5 N–H and O–H groups in total. The van der Waals surface area contributed by atoms with E-state index in [4.69, 9.17) is 22.2 Å². The van der Waals surface area contributed by atoms with Crippen molar-refractivity contribution in [1.29, 1.82) is 0 Å². The van der Waals surface area contributed by atoms with Crippen molar-refractivity contribution >= 4 is 41.0 Å². The van der Waals surface area contributed by atoms with Crippen LogP contribution in [0.1, 0.15) is 54.2 Å². The standard InChI is InChI=1S/C26H31ClFN5O5/c1-3-5-22(15-6-8-19(25(35)36)21(29)12-15)31-26(37)33-14-23(32-38-4-2)30-13-17(24(33)34)10-16-11-18(27)7-9-20(16)28/h6-9,11-12,17,22H,3-5,10,13-14,29H2,1-2H3,(H,30,32)(H,31,37)(H,35,36)/t17-,22+/m0/s1. The smallest absolute Gasteiger partial charge is 0.337 e. The first-order chi connectivity index (χ1) is 18.1. The van der Waals surface area contributed by atoms with Gasteiger partial charge in [0.1, 0.15) is 12.4 Å². The molecule has 1 aliphatic rings. The Hall–Kier alpha value is -3.86. The fraction of sp³-hybridized carbons (Fsp3) is 0.385. The Morgan fingerprint density at radius 2 is 2.08 bits per heavy atom. The molecular formula is C26H31ClFN5O5. The van der Waals surface area contributed by atoms with Crippen LogP contribution in [-0.2, 0) is 16.1 Å². The lowest BCUT2D eigenvalue weighted by atomic mass is 9.97. The number of hydrogen-bond acceptors (Lipinski definition) is 6. The zero-order chi connectivity index (χ0) is 27.8. The van der Waals surface area contributed by atoms with Gasteiger partial charge in [0.2, 0.25) is 5.91 Å². The summed E-state index contributed by atoms with van der Waals surface area (Å²) in [6.45, 7) is 3.88. The van der Waals surface area contributed by atoms with Gasteiger partial charge in [0.15, 0.2) is 5.84 Å². The third kappa shape index (κ3) is 7.12. The predicted molar refractivity (Wildman–Crippen MR) is 141 cm³/mol. The molecule has 0 aromatic heterocycles. The summed E-state index contributed by atoms with van der Waals surface area (Å²) in [5.74, 6) is -2.70. The molecule has 0 saturated carbocycles. The molecule has 0 radical (unpaired) electrons. The van der Waals surface area contributed by atoms with Gasteiger partial charge >= 0.3 is 12.0 Å². The van der Waals surface area contributed by atoms with Crippen LogP contribution in [0.3, 0.4) is 0 Å². The van der Waals surface area contributed by atoms with E-state index in [1.807, 2.05) is 6.92 Å². The molecule has 10 nitrogen and oxygen atoms in total. The maximum Gasteiger partial charge on any atom is 0.337 e. The highest BCUT2D eigenvalue weighted by Crippen LogP contribution is 2.25. The van der Waals surface area contributed by atoms with Crippen molar-refractivity contribution in [3.63, 3.8) is 0 Å². The van der Waals surface area contributed by atoms with Crippen LogP contribution in [-0.4, -0.2) is 53.4 Å². The van der Waals surface area contributed by atoms with Gasteiger partial charge in [0.25, 0.3) is 0 Å². The quantitative estimate of drug-likeness (QED) is 0.274. The number of urea groups is 1. The minimum atomic E-state index is -1.16. The first-order valence-electron chi connectivity index (χ1n) is 12.3. The molecule has 1 aliphatic heterocycles. The van der Waals surface area contributed by atoms with E-state index in [0.29, 0.717) is 23.4 Å². The number of nitrogens with one attached hydrogen (secondary N) is 2. The lowest BCUT2D eigenvalue weighted by Crippen LogP contribution is -2.48. The van der Waals surface area contributed by atoms with E-state index in [2.05, 4.69) is 15.8 Å². The van der Waals surface area contributed by atoms with E-state index < -0.39 is 35.7 Å². The summed E-state index contributed by atoms with van der Waals surface area (Å²) < 4.78 is 14.4. The van der Waals surface area contributed by atoms with Crippen LogP contribution < -0.4 is 16.4 Å². The number of carboxylic acid groups (broad SMARTS) is 1. The van der Waals surface area contributed by atoms with Crippen LogP contribution in [0.5, 0.6) is 0 Å². The summed E-state index contributed by atoms with van der Waals surface area (Å²) in [6.07, 6.45) is 1.21. The Morgan fingerprint density at radius 1 is 1.32 bits per heavy atom. The first kappa shape index (κ1) is 28.7. The van der Waals surface area contributed by atoms with Gasteiger partial charge in [-0.15, -0.1) is 0 Å². The summed E-state index contributed by atoms with van der Waals surface area (Å²) in [7, 11) is 0. The molecule has 2 aromatic carbocycles. The summed E-state index contributed by atoms with van der Waals surface area (Å²) in [5.41, 5.74) is 6.79. The number of imide groups is 1. The van der Waals surface area contributed by atoms with Crippen molar-refractivity contribution < 1.29 is 28.7 Å². The number of carbonyl (C=O) groups is 3. The Labute approximate surface area is 225 Å². The van der Waals surface area contributed by atoms with Crippen molar-refractivity contribution in [1.82, 2.24) is 15.5 Å². The van der Waals surface area contributed by atoms with Gasteiger partial charge in [-0.1, -0.05) is 36.2 Å². The van der Waals surface area contributed by atoms with Crippen molar-refractivity contribution in [2.75, 3.05) is 25.4 Å². The number of hydrogen-bond donors (Lipinski definition) is 4. The van der Waals surface area contributed by atoms with Crippen LogP contribution >= 0.6 is 11.6 Å². The highest BCUT2D eigenvalue weighted by molar-refractivity contribution is 6.30. The Balaban J connectivity index is 1.88. The molecule has 204 valence electrons. The van der Waals surface area contributed by atoms with Gasteiger partial charge in [-0.3, -0.25) is 9.69 Å². The number of carboxylic acids is 1. The van der Waals surface area contributed by atoms with Gasteiger partial charge in [-0.25, -0.2) is 14.0 Å². The maximum atomic E-state index is 14.4. The van der Waals surface area contributed by atoms with Crippen molar-refractivity contribution in [2.24, 2.45) is 11.1 Å². The van der Waals surface area contributed by atoms with Gasteiger partial charge in [-0.2, -0.15) is 0 Å². The normalized spacial score (nSPS) is 17.5. The zero-order valence-electron chi connectivity index (χ0n) is 21.2. The number of amidine groups is 1. The molecule has 1 saturated heterocycles. The second kappa shape index (κ2) is 13.1. The largest absolute Gasteiger partial charge is 0.478 e. The fourth-order valence-corrected chi connectivity index (χ4v) is 4.36. The van der Waals surface area contributed by atoms with E-state index in [1.54, 1.807) is 13.0 Å². The first-order valence-corrected chi connectivity index (χ1v) is 12.6. The summed E-state index contributed by atoms with van der Waals surface area (Å²) >= 11 is 6.03. The number of oxime groups is 1. The van der Waals surface area contributed by atoms with Crippen LogP contribution in [0, 0.1) is 11.7 Å². The number of carbonyl (C=O) groups excluding carboxylic acids is 2. The predicted octanol–water partition coefficient (Wildman–Crippen LogP) is 3.95. The van der Waals surface area contributed by atoms with E-state index in [-0.39, 0.29) is 48.8 Å². The number of halogens is 2. The Morgan fingerprint density at radius 3 is 2.74 bits per heavy atom. The van der Waals surface area contributed by atoms with Crippen LogP contribution in [0.2, 0.25) is 5.02 Å². The number of rotatable bonds is 9. The minimum Gasteiger partial charge on any atom is -0.478 e. The third-order valence-corrected chi connectivity index (χ3v) is 6.32. The molecule has 3 rings (SSSR count). The molecule has 1 fully saturated rings. The average Bonchev–Trinajstić information content (AvgIpc) is 3.03. The van der Waals surface area contributed by atoms with E-state index in [9.17, 15) is 23.9 Å². The fourth-order valence-electron chi connectivity index (χ4n) is 4.16. The molecule has 2 atom stereocenters. The Bertz CT molecular complexity index is 1220. The lowest BCUT2D eigenvalue weighted by molar-refractivity contribution is -0.131. The van der Waals surface area contributed by atoms with E-state index >= 15 is 0 Å². The number of nitrogen functional groups attached to an aromatic ring is 1. The molecule has 0 bridgehead atoms. The molecule has 3 amide bonds. The molecule has 12 heteroatoms. The monoisotopic (exact) mass is 547 g/mol. The number of benzene rings is 2. The minimum absolute atomic E-state index is 0.00942. The number of amides is 3. The second-order valence-electron chi connectivity index (χ2n) is 8.84. The number of aromatic carboxylic acids is 1. The Kier molecular flexibility index (Phi) is 9.89. The zero-order valence-corrected chi connectivity index (χ0v) is 21.9. The summed E-state index contributed by atoms with van der Waals surface area (Å²) in [6, 6.07) is 7.35. The molecule has 0 unspecified atom stereocenters. The van der Waals surface area contributed by atoms with Gasteiger partial charge in [-0.05, 0) is 61.2 Å². The van der Waals surface area contributed by atoms with Crippen LogP contribution in [0.15, 0.2) is 41.6 Å². The van der Waals surface area contributed by atoms with Crippen LogP contribution in [0.25, 0.3) is 0 Å². The number of nitrogens with two attached hydrogens (primary N) is 1. The molecule has 38 heavy (non-hydrogen) atoms. The molecule has 0 spiro atoms. The third-order valence-electron chi connectivity index (χ3n) is 6.08. The molecule has 2 aromatic rings. The molecule has 1 heterocycles. The van der Waals surface area contributed by atoms with Gasteiger partial charge in [0, 0.05) is 17.3 Å². The SMILES string of the molecule is CCC[C@@H](NC(=O)N1C/C(=N/OCC)NC[C@H](Cc2cc(Cl)ccc2F)C1=O)c1ccc(C(=O)O)c(N)c1. The number of nitrogens with zero attached hydrogens (tertiary/aromatic N) is 2. The topological polar surface area (TPSA) is 146 Å². The highest BCUT2D eigenvalue weighted by atomic mass is 35.5. The van der Waals surface area contributed by atoms with Crippen LogP contribution in [0.4, 0.5) is 14.9 Å². The highest BCUT2D eigenvalue weighted by Gasteiger charge is 2.35. The van der Waals surface area contributed by atoms with Crippen molar-refractivity contribution in [2.45, 2.75) is 39.2 Å². The van der Waals surface area contributed by atoms with Gasteiger partial charge < -0.3 is 26.3 Å².